The third-order valence-electron chi connectivity index (χ3n) is 8.71. The molecule has 38 heavy (non-hydrogen) atoms. The lowest BCUT2D eigenvalue weighted by molar-refractivity contribution is -0.150. The molecule has 8 heteroatoms. The summed E-state index contributed by atoms with van der Waals surface area (Å²) >= 11 is 0. The van der Waals surface area contributed by atoms with E-state index in [9.17, 15) is 19.5 Å². The van der Waals surface area contributed by atoms with Crippen LogP contribution in [-0.2, 0) is 19.1 Å². The van der Waals surface area contributed by atoms with Gasteiger partial charge in [0.05, 0.1) is 30.1 Å². The number of aliphatic hydroxyl groups is 1. The van der Waals surface area contributed by atoms with Crippen LogP contribution in [0, 0.1) is 11.8 Å². The fraction of sp³-hybridized carbons (Fsp3) is 0.500. The average molecular weight is 520 g/mol. The maximum Gasteiger partial charge on any atom is 0.245 e. The Labute approximate surface area is 223 Å². The van der Waals surface area contributed by atoms with E-state index in [0.29, 0.717) is 31.5 Å². The number of unbranched alkanes of at least 4 members (excludes halogenated alkanes) is 1. The van der Waals surface area contributed by atoms with Gasteiger partial charge in [0.15, 0.2) is 0 Å². The van der Waals surface area contributed by atoms with Gasteiger partial charge in [-0.2, -0.15) is 0 Å². The Balaban J connectivity index is 1.57. The summed E-state index contributed by atoms with van der Waals surface area (Å²) in [5.74, 6) is -2.45. The molecule has 1 spiro atoms. The lowest BCUT2D eigenvalue weighted by Crippen LogP contribution is -2.56. The molecule has 0 radical (unpaired) electrons. The van der Waals surface area contributed by atoms with Crippen molar-refractivity contribution in [3.8, 4) is 0 Å². The maximum atomic E-state index is 14.4. The molecule has 3 saturated heterocycles. The maximum absolute atomic E-state index is 14.4. The zero-order valence-corrected chi connectivity index (χ0v) is 22.1. The molecule has 5 rings (SSSR count). The number of aliphatic hydroxyl groups excluding tert-OH is 1. The smallest absolute Gasteiger partial charge is 0.245 e. The normalized spacial score (nSPS) is 30.2. The summed E-state index contributed by atoms with van der Waals surface area (Å²) in [5.41, 5.74) is -0.579. The number of nitrogens with zero attached hydrogens (tertiary/aromatic N) is 1. The molecule has 8 nitrogen and oxygen atoms in total. The van der Waals surface area contributed by atoms with Crippen LogP contribution in [0.2, 0.25) is 0 Å². The van der Waals surface area contributed by atoms with Gasteiger partial charge in [-0.25, -0.2) is 0 Å². The van der Waals surface area contributed by atoms with E-state index in [0.717, 1.165) is 18.4 Å². The molecule has 2 aromatic rings. The third kappa shape index (κ3) is 4.10. The number of ether oxygens (including phenoxy) is 1. The minimum absolute atomic E-state index is 0.273. The van der Waals surface area contributed by atoms with E-state index < -0.39 is 35.1 Å². The number of fused-ring (bicyclic) bond motifs is 1. The molecule has 3 heterocycles. The number of nitrogens with one attached hydrogen (secondary N) is 2. The van der Waals surface area contributed by atoms with Crippen LogP contribution < -0.4 is 10.6 Å². The van der Waals surface area contributed by atoms with E-state index in [1.165, 1.54) is 4.90 Å². The Morgan fingerprint density at radius 3 is 2.37 bits per heavy atom. The van der Waals surface area contributed by atoms with Gasteiger partial charge in [0.1, 0.15) is 11.6 Å². The summed E-state index contributed by atoms with van der Waals surface area (Å²) in [6, 6.07) is 16.7. The molecule has 2 bridgehead atoms. The Bertz CT molecular complexity index is 1170. The van der Waals surface area contributed by atoms with Crippen molar-refractivity contribution in [1.29, 1.82) is 0 Å². The first kappa shape index (κ1) is 26.4. The van der Waals surface area contributed by atoms with Crippen LogP contribution in [0.4, 0.5) is 5.69 Å². The second-order valence-corrected chi connectivity index (χ2v) is 10.7. The summed E-state index contributed by atoms with van der Waals surface area (Å²) in [6.45, 7) is 4.16. The van der Waals surface area contributed by atoms with Gasteiger partial charge in [-0.1, -0.05) is 68.8 Å². The van der Waals surface area contributed by atoms with Gasteiger partial charge in [0.2, 0.25) is 17.7 Å². The summed E-state index contributed by atoms with van der Waals surface area (Å²) in [6.07, 6.45) is 3.37. The van der Waals surface area contributed by atoms with Gasteiger partial charge in [0, 0.05) is 12.2 Å². The number of rotatable bonds is 10. The highest BCUT2D eigenvalue weighted by Gasteiger charge is 2.79. The zero-order valence-electron chi connectivity index (χ0n) is 22.1. The van der Waals surface area contributed by atoms with Gasteiger partial charge < -0.3 is 25.4 Å². The van der Waals surface area contributed by atoms with Crippen LogP contribution in [0.15, 0.2) is 60.7 Å². The second kappa shape index (κ2) is 10.5. The summed E-state index contributed by atoms with van der Waals surface area (Å²) in [4.78, 5) is 43.6. The van der Waals surface area contributed by atoms with Crippen molar-refractivity contribution in [2.75, 3.05) is 18.5 Å². The van der Waals surface area contributed by atoms with Crippen LogP contribution in [0.25, 0.3) is 0 Å². The summed E-state index contributed by atoms with van der Waals surface area (Å²) in [7, 11) is 0. The van der Waals surface area contributed by atoms with Gasteiger partial charge >= 0.3 is 0 Å². The van der Waals surface area contributed by atoms with E-state index in [1.807, 2.05) is 74.5 Å². The molecule has 3 amide bonds. The first-order valence-electron chi connectivity index (χ1n) is 13.7. The molecular weight excluding hydrogens is 482 g/mol. The van der Waals surface area contributed by atoms with E-state index in [2.05, 4.69) is 10.6 Å². The average Bonchev–Trinajstić information content (AvgIpc) is 3.54. The molecule has 0 saturated carbocycles. The van der Waals surface area contributed by atoms with Crippen molar-refractivity contribution in [2.45, 2.75) is 69.2 Å². The van der Waals surface area contributed by atoms with Crippen LogP contribution >= 0.6 is 0 Å². The van der Waals surface area contributed by atoms with Crippen molar-refractivity contribution in [3.63, 3.8) is 0 Å². The SMILES string of the molecule is CCCCNC(=O)C1N([C@H](CO)c2ccccc2)C(=O)[C@@H]2[C@@H](C(=O)Nc3ccccc3)[C@@]3(CC)CCC12O3. The number of anilines is 1. The number of likely N-dealkylation sites (tertiary alicyclic amines) is 1. The predicted octanol–water partition coefficient (Wildman–Crippen LogP) is 3.43. The number of para-hydroxylation sites is 1. The molecule has 3 aliphatic heterocycles. The Hall–Kier alpha value is -3.23. The Morgan fingerprint density at radius 2 is 1.74 bits per heavy atom. The number of benzene rings is 2. The first-order chi connectivity index (χ1) is 18.4. The molecule has 6 atom stereocenters. The highest BCUT2D eigenvalue weighted by Crippen LogP contribution is 2.65. The van der Waals surface area contributed by atoms with E-state index >= 15 is 0 Å². The lowest BCUT2D eigenvalue weighted by Gasteiger charge is -2.37. The zero-order chi connectivity index (χ0) is 26.9. The second-order valence-electron chi connectivity index (χ2n) is 10.7. The fourth-order valence-electron chi connectivity index (χ4n) is 6.95. The van der Waals surface area contributed by atoms with Gasteiger partial charge in [-0.3, -0.25) is 14.4 Å². The third-order valence-corrected chi connectivity index (χ3v) is 8.71. The van der Waals surface area contributed by atoms with Crippen LogP contribution in [0.3, 0.4) is 0 Å². The molecule has 3 aliphatic rings. The molecule has 202 valence electrons. The van der Waals surface area contributed by atoms with Crippen LogP contribution in [0.1, 0.15) is 57.6 Å². The molecule has 3 fully saturated rings. The summed E-state index contributed by atoms with van der Waals surface area (Å²) in [5, 5.41) is 16.5. The van der Waals surface area contributed by atoms with Crippen LogP contribution in [-0.4, -0.2) is 58.1 Å². The predicted molar refractivity (Wildman–Crippen MR) is 143 cm³/mol. The molecule has 3 N–H and O–H groups in total. The molecule has 2 aromatic carbocycles. The van der Waals surface area contributed by atoms with Crippen molar-refractivity contribution in [1.82, 2.24) is 10.2 Å². The minimum Gasteiger partial charge on any atom is -0.394 e. The van der Waals surface area contributed by atoms with Crippen molar-refractivity contribution in [2.24, 2.45) is 11.8 Å². The fourth-order valence-corrected chi connectivity index (χ4v) is 6.95. The highest BCUT2D eigenvalue weighted by molar-refractivity contribution is 6.02. The van der Waals surface area contributed by atoms with Crippen LogP contribution in [0.5, 0.6) is 0 Å². The molecular formula is C30H37N3O5. The number of amides is 3. The van der Waals surface area contributed by atoms with Gasteiger partial charge in [-0.05, 0) is 43.4 Å². The first-order valence-corrected chi connectivity index (χ1v) is 13.7. The van der Waals surface area contributed by atoms with Crippen molar-refractivity contribution >= 4 is 23.4 Å². The topological polar surface area (TPSA) is 108 Å². The van der Waals surface area contributed by atoms with E-state index in [-0.39, 0.29) is 24.3 Å². The molecule has 0 aliphatic carbocycles. The largest absolute Gasteiger partial charge is 0.394 e. The highest BCUT2D eigenvalue weighted by atomic mass is 16.5. The minimum atomic E-state index is -1.13. The monoisotopic (exact) mass is 519 g/mol. The number of carbonyl (C=O) groups is 3. The Kier molecular flexibility index (Phi) is 7.29. The molecule has 2 unspecified atom stereocenters. The van der Waals surface area contributed by atoms with Gasteiger partial charge in [0.25, 0.3) is 0 Å². The van der Waals surface area contributed by atoms with E-state index in [1.54, 1.807) is 0 Å². The van der Waals surface area contributed by atoms with Crippen molar-refractivity contribution in [3.05, 3.63) is 66.2 Å². The standard InChI is InChI=1S/C30H37N3O5/c1-3-5-18-31-27(36)25-30-17-16-29(4-2,38-30)23(26(35)32-21-14-10-7-11-15-21)24(30)28(37)33(25)22(19-34)20-12-8-6-9-13-20/h6-15,22-25,34H,3-5,16-19H2,1-2H3,(H,31,36)(H,32,35)/t22-,23+,24+,25?,29-,30?/m1/s1. The summed E-state index contributed by atoms with van der Waals surface area (Å²) < 4.78 is 6.80. The number of carbonyl (C=O) groups excluding carboxylic acids is 3. The van der Waals surface area contributed by atoms with Gasteiger partial charge in [-0.15, -0.1) is 0 Å². The number of hydrogen-bond donors (Lipinski definition) is 3. The lowest BCUT2D eigenvalue weighted by atomic mass is 9.65. The Morgan fingerprint density at radius 1 is 1.05 bits per heavy atom. The van der Waals surface area contributed by atoms with Crippen molar-refractivity contribution < 1.29 is 24.2 Å². The quantitative estimate of drug-likeness (QED) is 0.417. The van der Waals surface area contributed by atoms with E-state index in [4.69, 9.17) is 4.74 Å². The molecule has 0 aromatic heterocycles. The number of hydrogen-bond acceptors (Lipinski definition) is 5.